The molecular weight excluding hydrogens is 210 g/mol. The highest BCUT2D eigenvalue weighted by atomic mass is 16.3. The van der Waals surface area contributed by atoms with Crippen molar-refractivity contribution in [3.63, 3.8) is 0 Å². The molecular formula is C15H27NO. The van der Waals surface area contributed by atoms with Crippen LogP contribution < -0.4 is 5.32 Å². The summed E-state index contributed by atoms with van der Waals surface area (Å²) in [6.45, 7) is 6.70. The zero-order chi connectivity index (χ0) is 12.3. The third-order valence-electron chi connectivity index (χ3n) is 4.34. The van der Waals surface area contributed by atoms with Crippen molar-refractivity contribution in [2.45, 2.75) is 52.1 Å². The first-order valence-electron chi connectivity index (χ1n) is 7.21. The van der Waals surface area contributed by atoms with Crippen molar-refractivity contribution in [1.82, 2.24) is 5.32 Å². The summed E-state index contributed by atoms with van der Waals surface area (Å²) < 4.78 is 0. The Morgan fingerprint density at radius 1 is 1.35 bits per heavy atom. The molecule has 2 rings (SSSR count). The molecule has 0 aromatic heterocycles. The van der Waals surface area contributed by atoms with Gasteiger partial charge in [-0.2, -0.15) is 0 Å². The molecule has 1 saturated carbocycles. The number of aliphatic hydroxyl groups is 1. The smallest absolute Gasteiger partial charge is 0.0580 e. The first-order chi connectivity index (χ1) is 8.15. The molecule has 2 aliphatic carbocycles. The van der Waals surface area contributed by atoms with Crippen molar-refractivity contribution in [3.05, 3.63) is 11.6 Å². The number of hydrogen-bond acceptors (Lipinski definition) is 2. The first-order valence-corrected chi connectivity index (χ1v) is 7.21. The van der Waals surface area contributed by atoms with Gasteiger partial charge in [-0.15, -0.1) is 0 Å². The topological polar surface area (TPSA) is 32.3 Å². The number of hydrogen-bond donors (Lipinski definition) is 2. The van der Waals surface area contributed by atoms with Gasteiger partial charge in [-0.25, -0.2) is 0 Å². The predicted octanol–water partition coefficient (Wildman–Crippen LogP) is 2.73. The van der Waals surface area contributed by atoms with Crippen LogP contribution in [0.25, 0.3) is 0 Å². The van der Waals surface area contributed by atoms with Crippen molar-refractivity contribution in [1.29, 1.82) is 0 Å². The van der Waals surface area contributed by atoms with E-state index in [1.165, 1.54) is 25.7 Å². The maximum atomic E-state index is 9.76. The van der Waals surface area contributed by atoms with Crippen LogP contribution in [-0.4, -0.2) is 24.3 Å². The minimum Gasteiger partial charge on any atom is -0.393 e. The fraction of sp³-hybridized carbons (Fsp3) is 0.867. The number of rotatable bonds is 4. The van der Waals surface area contributed by atoms with Crippen LogP contribution in [0.15, 0.2) is 11.6 Å². The van der Waals surface area contributed by atoms with Gasteiger partial charge < -0.3 is 10.4 Å². The normalized spacial score (nSPS) is 38.2. The van der Waals surface area contributed by atoms with Gasteiger partial charge >= 0.3 is 0 Å². The Balaban J connectivity index is 1.67. The maximum Gasteiger partial charge on any atom is 0.0580 e. The summed E-state index contributed by atoms with van der Waals surface area (Å²) >= 11 is 0. The predicted molar refractivity (Wildman–Crippen MR) is 71.9 cm³/mol. The van der Waals surface area contributed by atoms with Crippen molar-refractivity contribution in [3.8, 4) is 0 Å². The summed E-state index contributed by atoms with van der Waals surface area (Å²) in [7, 11) is 0. The summed E-state index contributed by atoms with van der Waals surface area (Å²) in [5.41, 5.74) is 1.55. The number of allylic oxidation sites excluding steroid dienone is 2. The summed E-state index contributed by atoms with van der Waals surface area (Å²) in [5, 5.41) is 13.3. The summed E-state index contributed by atoms with van der Waals surface area (Å²) in [4.78, 5) is 0. The molecule has 0 aromatic carbocycles. The van der Waals surface area contributed by atoms with Gasteiger partial charge in [0, 0.05) is 6.54 Å². The Labute approximate surface area is 105 Å². The first kappa shape index (κ1) is 13.1. The summed E-state index contributed by atoms with van der Waals surface area (Å²) in [5.74, 6) is 2.05. The van der Waals surface area contributed by atoms with E-state index in [1.54, 1.807) is 5.57 Å². The monoisotopic (exact) mass is 237 g/mol. The van der Waals surface area contributed by atoms with E-state index in [9.17, 15) is 5.11 Å². The quantitative estimate of drug-likeness (QED) is 0.737. The SMILES string of the molecule is CC1=CC(C)CC(CNCC2CCCC2O)C1. The van der Waals surface area contributed by atoms with E-state index >= 15 is 0 Å². The zero-order valence-corrected chi connectivity index (χ0v) is 11.3. The molecule has 0 spiro atoms. The van der Waals surface area contributed by atoms with Crippen molar-refractivity contribution < 1.29 is 5.11 Å². The lowest BCUT2D eigenvalue weighted by Gasteiger charge is -2.26. The van der Waals surface area contributed by atoms with E-state index < -0.39 is 0 Å². The molecule has 2 N–H and O–H groups in total. The Morgan fingerprint density at radius 3 is 2.82 bits per heavy atom. The Kier molecular flexibility index (Phi) is 4.63. The lowest BCUT2D eigenvalue weighted by atomic mass is 9.83. The molecule has 0 bridgehead atoms. The molecule has 17 heavy (non-hydrogen) atoms. The van der Waals surface area contributed by atoms with E-state index in [4.69, 9.17) is 0 Å². The second kappa shape index (κ2) is 6.01. The van der Waals surface area contributed by atoms with Gasteiger partial charge in [0.05, 0.1) is 6.10 Å². The minimum atomic E-state index is -0.0468. The molecule has 4 unspecified atom stereocenters. The molecule has 1 fully saturated rings. The molecule has 2 heteroatoms. The van der Waals surface area contributed by atoms with E-state index in [0.29, 0.717) is 5.92 Å². The van der Waals surface area contributed by atoms with E-state index in [-0.39, 0.29) is 6.10 Å². The average Bonchev–Trinajstić information content (AvgIpc) is 2.63. The van der Waals surface area contributed by atoms with E-state index in [2.05, 4.69) is 25.2 Å². The Bertz CT molecular complexity index is 274. The zero-order valence-electron chi connectivity index (χ0n) is 11.3. The van der Waals surface area contributed by atoms with Crippen molar-refractivity contribution in [2.75, 3.05) is 13.1 Å². The lowest BCUT2D eigenvalue weighted by Crippen LogP contribution is -2.32. The molecule has 0 radical (unpaired) electrons. The lowest BCUT2D eigenvalue weighted by molar-refractivity contribution is 0.130. The van der Waals surface area contributed by atoms with Gasteiger partial charge in [-0.1, -0.05) is 25.0 Å². The minimum absolute atomic E-state index is 0.0468. The number of nitrogens with one attached hydrogen (secondary N) is 1. The van der Waals surface area contributed by atoms with Gasteiger partial charge in [0.25, 0.3) is 0 Å². The average molecular weight is 237 g/mol. The molecule has 0 aliphatic heterocycles. The van der Waals surface area contributed by atoms with Crippen molar-refractivity contribution in [2.24, 2.45) is 17.8 Å². The largest absolute Gasteiger partial charge is 0.393 e. The molecule has 98 valence electrons. The van der Waals surface area contributed by atoms with Crippen LogP contribution in [0, 0.1) is 17.8 Å². The van der Waals surface area contributed by atoms with Crippen LogP contribution in [0.4, 0.5) is 0 Å². The van der Waals surface area contributed by atoms with Crippen LogP contribution in [0.3, 0.4) is 0 Å². The van der Waals surface area contributed by atoms with E-state index in [0.717, 1.165) is 31.3 Å². The second-order valence-corrected chi connectivity index (χ2v) is 6.21. The molecule has 0 heterocycles. The highest BCUT2D eigenvalue weighted by Crippen LogP contribution is 2.28. The molecule has 2 aliphatic rings. The second-order valence-electron chi connectivity index (χ2n) is 6.21. The van der Waals surface area contributed by atoms with E-state index in [1.807, 2.05) is 0 Å². The molecule has 0 aromatic rings. The van der Waals surface area contributed by atoms with Crippen LogP contribution in [0.5, 0.6) is 0 Å². The standard InChI is InChI=1S/C15H27NO/c1-11-6-12(2)8-13(7-11)9-16-10-14-4-3-5-15(14)17/h6,11,13-17H,3-5,7-10H2,1-2H3. The molecule has 4 atom stereocenters. The van der Waals surface area contributed by atoms with Gasteiger partial charge in [0.1, 0.15) is 0 Å². The fourth-order valence-electron chi connectivity index (χ4n) is 3.57. The number of aliphatic hydroxyl groups excluding tert-OH is 1. The fourth-order valence-corrected chi connectivity index (χ4v) is 3.57. The van der Waals surface area contributed by atoms with Gasteiger partial charge in [-0.05, 0) is 56.9 Å². The van der Waals surface area contributed by atoms with Gasteiger partial charge in [0.2, 0.25) is 0 Å². The Morgan fingerprint density at radius 2 is 2.18 bits per heavy atom. The van der Waals surface area contributed by atoms with Crippen LogP contribution in [0.1, 0.15) is 46.0 Å². The molecule has 2 nitrogen and oxygen atoms in total. The Hall–Kier alpha value is -0.340. The molecule has 0 amide bonds. The van der Waals surface area contributed by atoms with Crippen LogP contribution in [-0.2, 0) is 0 Å². The third-order valence-corrected chi connectivity index (χ3v) is 4.34. The van der Waals surface area contributed by atoms with Gasteiger partial charge in [0.15, 0.2) is 0 Å². The highest BCUT2D eigenvalue weighted by molar-refractivity contribution is 5.06. The van der Waals surface area contributed by atoms with Crippen molar-refractivity contribution >= 4 is 0 Å². The summed E-state index contributed by atoms with van der Waals surface area (Å²) in [6, 6.07) is 0. The molecule has 0 saturated heterocycles. The van der Waals surface area contributed by atoms with Gasteiger partial charge in [-0.3, -0.25) is 0 Å². The summed E-state index contributed by atoms with van der Waals surface area (Å²) in [6.07, 6.45) is 8.35. The maximum absolute atomic E-state index is 9.76. The highest BCUT2D eigenvalue weighted by Gasteiger charge is 2.25. The third kappa shape index (κ3) is 3.82. The van der Waals surface area contributed by atoms with Crippen LogP contribution >= 0.6 is 0 Å². The van der Waals surface area contributed by atoms with Crippen LogP contribution in [0.2, 0.25) is 0 Å².